The molecule has 1 aliphatic carbocycles. The summed E-state index contributed by atoms with van der Waals surface area (Å²) in [4.78, 5) is 26.1. The lowest BCUT2D eigenvalue weighted by Gasteiger charge is -2.42. The smallest absolute Gasteiger partial charge is 0.241 e. The predicted molar refractivity (Wildman–Crippen MR) is 87.2 cm³/mol. The summed E-state index contributed by atoms with van der Waals surface area (Å²) in [6, 6.07) is 0.137. The fourth-order valence-corrected chi connectivity index (χ4v) is 3.60. The van der Waals surface area contributed by atoms with Crippen molar-refractivity contribution >= 4 is 11.8 Å². The molecule has 1 unspecified atom stereocenters. The fraction of sp³-hybridized carbons (Fsp3) is 0.882. The third kappa shape index (κ3) is 4.70. The minimum atomic E-state index is -0.0555. The van der Waals surface area contributed by atoms with Crippen LogP contribution in [0.2, 0.25) is 0 Å². The van der Waals surface area contributed by atoms with E-state index in [2.05, 4.69) is 19.2 Å². The number of amides is 2. The Morgan fingerprint density at radius 3 is 2.50 bits per heavy atom. The number of nitrogens with one attached hydrogen (secondary N) is 1. The molecule has 0 aromatic rings. The number of nitrogens with zero attached hydrogens (tertiary/aromatic N) is 1. The van der Waals surface area contributed by atoms with Crippen LogP contribution in [0, 0.1) is 11.3 Å². The number of likely N-dealkylation sites (tertiary alicyclic amines) is 1. The Hall–Kier alpha value is -1.10. The van der Waals surface area contributed by atoms with Gasteiger partial charge in [0, 0.05) is 25.6 Å². The van der Waals surface area contributed by atoms with E-state index in [0.29, 0.717) is 25.4 Å². The molecule has 2 aliphatic rings. The van der Waals surface area contributed by atoms with Crippen molar-refractivity contribution in [2.45, 2.75) is 64.8 Å². The van der Waals surface area contributed by atoms with E-state index in [1.807, 2.05) is 4.90 Å². The van der Waals surface area contributed by atoms with E-state index >= 15 is 0 Å². The van der Waals surface area contributed by atoms with Gasteiger partial charge in [-0.05, 0) is 30.6 Å². The summed E-state index contributed by atoms with van der Waals surface area (Å²) in [6.07, 6.45) is 7.47. The Balaban J connectivity index is 1.71. The number of hydrogen-bond donors (Lipinski definition) is 2. The molecular weight excluding hydrogens is 278 g/mol. The van der Waals surface area contributed by atoms with Crippen molar-refractivity contribution in [3.63, 3.8) is 0 Å². The molecule has 1 saturated carbocycles. The van der Waals surface area contributed by atoms with E-state index in [9.17, 15) is 9.59 Å². The first-order valence-electron chi connectivity index (χ1n) is 8.68. The first kappa shape index (κ1) is 17.3. The highest BCUT2D eigenvalue weighted by Gasteiger charge is 2.35. The SMILES string of the molecule is CC1(C)CN(C(=O)CNC(=O)CC2CCCCC2)CCC1N. The molecule has 2 rings (SSSR count). The van der Waals surface area contributed by atoms with Crippen LogP contribution in [0.25, 0.3) is 0 Å². The predicted octanol–water partition coefficient (Wildman–Crippen LogP) is 1.66. The van der Waals surface area contributed by atoms with Gasteiger partial charge in [-0.1, -0.05) is 33.1 Å². The molecule has 5 nitrogen and oxygen atoms in total. The second-order valence-corrected chi connectivity index (χ2v) is 7.68. The van der Waals surface area contributed by atoms with Crippen LogP contribution in [-0.2, 0) is 9.59 Å². The number of rotatable bonds is 4. The van der Waals surface area contributed by atoms with E-state index < -0.39 is 0 Å². The molecule has 0 spiro atoms. The minimum Gasteiger partial charge on any atom is -0.347 e. The maximum Gasteiger partial charge on any atom is 0.241 e. The van der Waals surface area contributed by atoms with Gasteiger partial charge in [-0.25, -0.2) is 0 Å². The van der Waals surface area contributed by atoms with Crippen LogP contribution in [0.1, 0.15) is 58.8 Å². The second-order valence-electron chi connectivity index (χ2n) is 7.68. The van der Waals surface area contributed by atoms with E-state index in [1.165, 1.54) is 19.3 Å². The molecule has 0 aromatic heterocycles. The Morgan fingerprint density at radius 2 is 1.86 bits per heavy atom. The molecule has 0 radical (unpaired) electrons. The second kappa shape index (κ2) is 7.44. The quantitative estimate of drug-likeness (QED) is 0.829. The molecule has 126 valence electrons. The molecule has 2 amide bonds. The zero-order chi connectivity index (χ0) is 16.2. The largest absolute Gasteiger partial charge is 0.347 e. The van der Waals surface area contributed by atoms with Crippen LogP contribution < -0.4 is 11.1 Å². The Labute approximate surface area is 134 Å². The summed E-state index contributed by atoms with van der Waals surface area (Å²) in [6.45, 7) is 5.68. The van der Waals surface area contributed by atoms with Gasteiger partial charge in [-0.15, -0.1) is 0 Å². The number of carbonyl (C=O) groups excluding carboxylic acids is 2. The van der Waals surface area contributed by atoms with Crippen molar-refractivity contribution in [2.75, 3.05) is 19.6 Å². The summed E-state index contributed by atoms with van der Waals surface area (Å²) in [5.41, 5.74) is 6.04. The Kier molecular flexibility index (Phi) is 5.84. The van der Waals surface area contributed by atoms with Gasteiger partial charge in [-0.3, -0.25) is 9.59 Å². The van der Waals surface area contributed by atoms with Gasteiger partial charge >= 0.3 is 0 Å². The molecule has 5 heteroatoms. The van der Waals surface area contributed by atoms with Crippen LogP contribution in [0.15, 0.2) is 0 Å². The molecule has 0 aromatic carbocycles. The molecular formula is C17H31N3O2. The first-order valence-corrected chi connectivity index (χ1v) is 8.68. The van der Waals surface area contributed by atoms with Crippen molar-refractivity contribution < 1.29 is 9.59 Å². The van der Waals surface area contributed by atoms with Crippen molar-refractivity contribution in [1.82, 2.24) is 10.2 Å². The maximum absolute atomic E-state index is 12.3. The first-order chi connectivity index (χ1) is 10.4. The van der Waals surface area contributed by atoms with Crippen molar-refractivity contribution in [3.8, 4) is 0 Å². The van der Waals surface area contributed by atoms with Crippen molar-refractivity contribution in [1.29, 1.82) is 0 Å². The van der Waals surface area contributed by atoms with Crippen LogP contribution in [0.5, 0.6) is 0 Å². The molecule has 1 saturated heterocycles. The van der Waals surface area contributed by atoms with Gasteiger partial charge in [0.25, 0.3) is 0 Å². The van der Waals surface area contributed by atoms with E-state index in [1.54, 1.807) is 0 Å². The van der Waals surface area contributed by atoms with Crippen LogP contribution in [0.4, 0.5) is 0 Å². The summed E-state index contributed by atoms with van der Waals surface area (Å²) in [7, 11) is 0. The van der Waals surface area contributed by atoms with Crippen molar-refractivity contribution in [3.05, 3.63) is 0 Å². The third-order valence-corrected chi connectivity index (χ3v) is 5.30. The molecule has 1 aliphatic heterocycles. The fourth-order valence-electron chi connectivity index (χ4n) is 3.60. The lowest BCUT2D eigenvalue weighted by molar-refractivity contribution is -0.135. The molecule has 2 fully saturated rings. The lowest BCUT2D eigenvalue weighted by Crippen LogP contribution is -2.55. The third-order valence-electron chi connectivity index (χ3n) is 5.30. The molecule has 22 heavy (non-hydrogen) atoms. The summed E-state index contributed by atoms with van der Waals surface area (Å²) >= 11 is 0. The van der Waals surface area contributed by atoms with Gasteiger partial charge in [0.15, 0.2) is 0 Å². The number of hydrogen-bond acceptors (Lipinski definition) is 3. The van der Waals surface area contributed by atoms with Gasteiger partial charge in [0.05, 0.1) is 6.54 Å². The highest BCUT2D eigenvalue weighted by molar-refractivity contribution is 5.84. The minimum absolute atomic E-state index is 0.0111. The summed E-state index contributed by atoms with van der Waals surface area (Å²) in [5, 5.41) is 2.80. The Morgan fingerprint density at radius 1 is 1.18 bits per heavy atom. The topological polar surface area (TPSA) is 75.4 Å². The van der Waals surface area contributed by atoms with E-state index in [0.717, 1.165) is 19.3 Å². The highest BCUT2D eigenvalue weighted by atomic mass is 16.2. The molecule has 0 bridgehead atoms. The standard InChI is InChI=1S/C17H31N3O2/c1-17(2)12-20(9-8-14(17)18)16(22)11-19-15(21)10-13-6-4-3-5-7-13/h13-14H,3-12,18H2,1-2H3,(H,19,21). The number of piperidine rings is 1. The van der Waals surface area contributed by atoms with Gasteiger partial charge in [0.1, 0.15) is 0 Å². The average molecular weight is 309 g/mol. The zero-order valence-electron chi connectivity index (χ0n) is 14.1. The molecule has 3 N–H and O–H groups in total. The van der Waals surface area contributed by atoms with Crippen molar-refractivity contribution in [2.24, 2.45) is 17.1 Å². The molecule has 1 heterocycles. The highest BCUT2D eigenvalue weighted by Crippen LogP contribution is 2.28. The maximum atomic E-state index is 12.3. The number of carbonyl (C=O) groups is 2. The van der Waals surface area contributed by atoms with Crippen LogP contribution >= 0.6 is 0 Å². The summed E-state index contributed by atoms with van der Waals surface area (Å²) in [5.74, 6) is 0.543. The van der Waals surface area contributed by atoms with Gasteiger partial charge in [0.2, 0.25) is 11.8 Å². The van der Waals surface area contributed by atoms with Gasteiger partial charge in [-0.2, -0.15) is 0 Å². The lowest BCUT2D eigenvalue weighted by atomic mass is 9.79. The Bertz CT molecular complexity index is 403. The van der Waals surface area contributed by atoms with Crippen LogP contribution in [0.3, 0.4) is 0 Å². The van der Waals surface area contributed by atoms with Gasteiger partial charge < -0.3 is 16.0 Å². The normalized spacial score (nSPS) is 25.8. The zero-order valence-corrected chi connectivity index (χ0v) is 14.1. The summed E-state index contributed by atoms with van der Waals surface area (Å²) < 4.78 is 0. The monoisotopic (exact) mass is 309 g/mol. The number of nitrogens with two attached hydrogens (primary N) is 1. The van der Waals surface area contributed by atoms with Crippen LogP contribution in [-0.4, -0.2) is 42.4 Å². The molecule has 1 atom stereocenters. The van der Waals surface area contributed by atoms with E-state index in [4.69, 9.17) is 5.73 Å². The average Bonchev–Trinajstić information content (AvgIpc) is 2.48. The van der Waals surface area contributed by atoms with E-state index in [-0.39, 0.29) is 29.8 Å².